The number of rotatable bonds is 5. The summed E-state index contributed by atoms with van der Waals surface area (Å²) in [5.74, 6) is -0.850. The van der Waals surface area contributed by atoms with E-state index in [1.165, 1.54) is 16.9 Å². The third-order valence-corrected chi connectivity index (χ3v) is 4.87. The first kappa shape index (κ1) is 20.0. The molecule has 0 aliphatic carbocycles. The van der Waals surface area contributed by atoms with Gasteiger partial charge in [-0.1, -0.05) is 13.8 Å². The summed E-state index contributed by atoms with van der Waals surface area (Å²) >= 11 is 0. The molecule has 2 aromatic rings. The number of hydrogen-bond acceptors (Lipinski definition) is 10. The molecular weight excluding hydrogens is 368 g/mol. The van der Waals surface area contributed by atoms with Crippen LogP contribution in [0.25, 0.3) is 5.52 Å². The van der Waals surface area contributed by atoms with Gasteiger partial charge in [0.2, 0.25) is 5.60 Å². The number of carbonyl (C=O) groups excluding carboxylic acids is 1. The average molecular weight is 390 g/mol. The zero-order chi connectivity index (χ0) is 20.6. The molecule has 150 valence electrons. The normalized spacial score (nSPS) is 28.4. The second kappa shape index (κ2) is 7.33. The van der Waals surface area contributed by atoms with E-state index in [2.05, 4.69) is 10.1 Å². The lowest BCUT2D eigenvalue weighted by Gasteiger charge is -2.29. The topological polar surface area (TPSA) is 182 Å². The minimum absolute atomic E-state index is 0.168. The number of fused-ring (bicyclic) bond motifs is 1. The molecule has 0 saturated carbocycles. The maximum atomic E-state index is 12.4. The molecule has 11 heteroatoms. The van der Waals surface area contributed by atoms with Crippen LogP contribution in [0.5, 0.6) is 0 Å². The first-order valence-electron chi connectivity index (χ1n) is 8.69. The molecule has 0 spiro atoms. The number of nitrogen functional groups attached to an aromatic ring is 1. The van der Waals surface area contributed by atoms with Gasteiger partial charge in [-0.25, -0.2) is 9.50 Å². The second-order valence-electron chi connectivity index (χ2n) is 6.97. The van der Waals surface area contributed by atoms with Crippen molar-refractivity contribution in [2.75, 3.05) is 12.3 Å². The molecule has 1 unspecified atom stereocenters. The molecule has 2 aromatic heterocycles. The summed E-state index contributed by atoms with van der Waals surface area (Å²) in [6.07, 6.45) is -2.86. The Bertz CT molecular complexity index is 924. The first-order chi connectivity index (χ1) is 13.3. The first-order valence-corrected chi connectivity index (χ1v) is 8.69. The number of nitrogens with zero attached hydrogens (tertiary/aromatic N) is 4. The molecule has 11 nitrogen and oxygen atoms in total. The average Bonchev–Trinajstić information content (AvgIpc) is 3.22. The Morgan fingerprint density at radius 2 is 2.25 bits per heavy atom. The lowest BCUT2D eigenvalue weighted by atomic mass is 9.92. The Kier molecular flexibility index (Phi) is 5.22. The van der Waals surface area contributed by atoms with E-state index in [1.807, 2.05) is 6.07 Å². The van der Waals surface area contributed by atoms with E-state index in [-0.39, 0.29) is 17.4 Å². The highest BCUT2D eigenvalue weighted by Gasteiger charge is 2.60. The van der Waals surface area contributed by atoms with Crippen LogP contribution in [0.15, 0.2) is 18.5 Å². The number of carbonyl (C=O) groups is 1. The summed E-state index contributed by atoms with van der Waals surface area (Å²) in [5.41, 5.74) is 10.3. The quantitative estimate of drug-likeness (QED) is 0.447. The molecule has 0 aromatic carbocycles. The number of aliphatic hydroxyl groups excluding tert-OH is 2. The second-order valence-corrected chi connectivity index (χ2v) is 6.97. The summed E-state index contributed by atoms with van der Waals surface area (Å²) in [6, 6.07) is 4.10. The summed E-state index contributed by atoms with van der Waals surface area (Å²) in [7, 11) is 0. The van der Waals surface area contributed by atoms with Crippen molar-refractivity contribution in [1.82, 2.24) is 14.6 Å². The number of anilines is 1. The molecule has 6 N–H and O–H groups in total. The third kappa shape index (κ3) is 2.96. The molecule has 1 aliphatic heterocycles. The van der Waals surface area contributed by atoms with E-state index in [9.17, 15) is 20.3 Å². The number of aromatic nitrogens is 3. The van der Waals surface area contributed by atoms with Crippen LogP contribution in [0.3, 0.4) is 0 Å². The van der Waals surface area contributed by atoms with E-state index in [1.54, 1.807) is 19.9 Å². The fourth-order valence-corrected chi connectivity index (χ4v) is 3.17. The van der Waals surface area contributed by atoms with Crippen molar-refractivity contribution >= 4 is 17.3 Å². The van der Waals surface area contributed by atoms with Gasteiger partial charge in [-0.2, -0.15) is 10.4 Å². The highest BCUT2D eigenvalue weighted by molar-refractivity contribution is 5.76. The summed E-state index contributed by atoms with van der Waals surface area (Å²) in [5, 5.41) is 34.2. The van der Waals surface area contributed by atoms with Crippen LogP contribution in [-0.4, -0.2) is 61.7 Å². The molecule has 1 saturated heterocycles. The van der Waals surface area contributed by atoms with Gasteiger partial charge in [-0.3, -0.25) is 4.79 Å². The molecule has 28 heavy (non-hydrogen) atoms. The van der Waals surface area contributed by atoms with Crippen LogP contribution >= 0.6 is 0 Å². The highest BCUT2D eigenvalue weighted by atomic mass is 16.6. The van der Waals surface area contributed by atoms with Crippen molar-refractivity contribution in [1.29, 1.82) is 5.26 Å². The zero-order valence-electron chi connectivity index (χ0n) is 15.4. The van der Waals surface area contributed by atoms with Crippen molar-refractivity contribution < 1.29 is 24.5 Å². The van der Waals surface area contributed by atoms with E-state index in [4.69, 9.17) is 20.9 Å². The van der Waals surface area contributed by atoms with Crippen molar-refractivity contribution in [3.8, 4) is 6.07 Å². The fraction of sp³-hybridized carbons (Fsp3) is 0.529. The van der Waals surface area contributed by atoms with Crippen LogP contribution in [0.1, 0.15) is 19.5 Å². The third-order valence-electron chi connectivity index (χ3n) is 4.87. The summed E-state index contributed by atoms with van der Waals surface area (Å²) < 4.78 is 12.5. The van der Waals surface area contributed by atoms with Gasteiger partial charge in [-0.15, -0.1) is 0 Å². The summed E-state index contributed by atoms with van der Waals surface area (Å²) in [6.45, 7) is 2.89. The summed E-state index contributed by atoms with van der Waals surface area (Å²) in [4.78, 5) is 16.3. The number of nitriles is 1. The van der Waals surface area contributed by atoms with Crippen molar-refractivity contribution in [3.63, 3.8) is 0 Å². The molecule has 3 heterocycles. The maximum Gasteiger partial charge on any atom is 0.323 e. The van der Waals surface area contributed by atoms with Crippen LogP contribution in [0.2, 0.25) is 0 Å². The lowest BCUT2D eigenvalue weighted by Crippen LogP contribution is -2.48. The van der Waals surface area contributed by atoms with Crippen LogP contribution in [0.4, 0.5) is 5.82 Å². The monoisotopic (exact) mass is 390 g/mol. The van der Waals surface area contributed by atoms with E-state index in [0.717, 1.165) is 0 Å². The predicted octanol–water partition coefficient (Wildman–Crippen LogP) is -1.32. The Morgan fingerprint density at radius 3 is 2.86 bits per heavy atom. The number of esters is 1. The largest absolute Gasteiger partial charge is 0.454 e. The van der Waals surface area contributed by atoms with Gasteiger partial charge in [0.15, 0.2) is 11.9 Å². The SMILES string of the molecule is CC(C)C(N)C(=O)O[C@@H]1[C@H](O)[C@@H](CO)O[C@@]1(C#N)c1ccc2c(N)ncnn12. The molecule has 1 aliphatic rings. The zero-order valence-corrected chi connectivity index (χ0v) is 15.4. The Labute approximate surface area is 160 Å². The maximum absolute atomic E-state index is 12.4. The standard InChI is InChI=1S/C17H22N6O5/c1-8(2)12(19)16(26)27-14-13(25)10(5-24)28-17(14,6-18)11-4-3-9-15(20)21-7-22-23(9)11/h3-4,7-8,10,12-14,24-25H,5,19H2,1-2H3,(H2,20,21,22)/t10-,12?,13-,14-,17+/m1/s1. The number of hydrogen-bond donors (Lipinski definition) is 4. The highest BCUT2D eigenvalue weighted by Crippen LogP contribution is 2.42. The predicted molar refractivity (Wildman–Crippen MR) is 95.3 cm³/mol. The van der Waals surface area contributed by atoms with Crippen LogP contribution in [0, 0.1) is 17.2 Å². The Balaban J connectivity index is 2.11. The van der Waals surface area contributed by atoms with Crippen molar-refractivity contribution in [2.45, 2.75) is 43.8 Å². The lowest BCUT2D eigenvalue weighted by molar-refractivity contribution is -0.162. The van der Waals surface area contributed by atoms with E-state index >= 15 is 0 Å². The van der Waals surface area contributed by atoms with E-state index in [0.29, 0.717) is 5.52 Å². The smallest absolute Gasteiger partial charge is 0.323 e. The van der Waals surface area contributed by atoms with Gasteiger partial charge in [-0.05, 0) is 18.1 Å². The Morgan fingerprint density at radius 1 is 1.54 bits per heavy atom. The Hall–Kier alpha value is -2.78. The molecule has 0 amide bonds. The molecular formula is C17H22N6O5. The minimum Gasteiger partial charge on any atom is -0.454 e. The minimum atomic E-state index is -1.94. The van der Waals surface area contributed by atoms with Crippen molar-refractivity contribution in [2.24, 2.45) is 11.7 Å². The molecule has 1 fully saturated rings. The van der Waals surface area contributed by atoms with Gasteiger partial charge in [0, 0.05) is 0 Å². The number of aliphatic hydroxyl groups is 2. The van der Waals surface area contributed by atoms with Crippen LogP contribution in [-0.2, 0) is 19.9 Å². The molecule has 3 rings (SSSR count). The van der Waals surface area contributed by atoms with Crippen LogP contribution < -0.4 is 11.5 Å². The molecule has 0 radical (unpaired) electrons. The van der Waals surface area contributed by atoms with E-state index < -0.39 is 42.5 Å². The number of ether oxygens (including phenoxy) is 2. The van der Waals surface area contributed by atoms with Gasteiger partial charge in [0.05, 0.1) is 12.3 Å². The fourth-order valence-electron chi connectivity index (χ4n) is 3.17. The van der Waals surface area contributed by atoms with Gasteiger partial charge >= 0.3 is 5.97 Å². The van der Waals surface area contributed by atoms with Crippen molar-refractivity contribution in [3.05, 3.63) is 24.2 Å². The molecule has 5 atom stereocenters. The molecule has 0 bridgehead atoms. The van der Waals surface area contributed by atoms with Gasteiger partial charge in [0.1, 0.15) is 36.2 Å². The van der Waals surface area contributed by atoms with Gasteiger partial charge < -0.3 is 31.2 Å². The number of nitrogens with two attached hydrogens (primary N) is 2. The van der Waals surface area contributed by atoms with Gasteiger partial charge in [0.25, 0.3) is 0 Å².